The van der Waals surface area contributed by atoms with Crippen molar-refractivity contribution < 1.29 is 14.3 Å². The van der Waals surface area contributed by atoms with Gasteiger partial charge in [-0.05, 0) is 0 Å². The maximum Gasteiger partial charge on any atom is 0.404 e. The number of nitrogens with one attached hydrogen (secondary N) is 2. The van der Waals surface area contributed by atoms with Gasteiger partial charge in [0.05, 0.1) is 18.9 Å². The van der Waals surface area contributed by atoms with E-state index in [2.05, 4.69) is 25.3 Å². The standard InChI is InChI=1S/C9H13N5O3/c1-11-7-5-12-4-6(14-7)8(15)13-2-3-17-9(10)16/h4-5H,2-3H2,1H3,(H2,10,16)(H,11,14)(H,13,15). The summed E-state index contributed by atoms with van der Waals surface area (Å²) in [7, 11) is 1.67. The zero-order chi connectivity index (χ0) is 12.7. The van der Waals surface area contributed by atoms with Crippen LogP contribution in [0.5, 0.6) is 0 Å². The number of amides is 2. The molecule has 1 rings (SSSR count). The van der Waals surface area contributed by atoms with Crippen molar-refractivity contribution in [1.29, 1.82) is 0 Å². The molecule has 1 aromatic rings. The summed E-state index contributed by atoms with van der Waals surface area (Å²) in [5, 5.41) is 5.27. The SMILES string of the molecule is CNc1cncc(C(=O)NCCOC(N)=O)n1. The number of aromatic nitrogens is 2. The van der Waals surface area contributed by atoms with Crippen LogP contribution < -0.4 is 16.4 Å². The quantitative estimate of drug-likeness (QED) is 0.587. The normalized spacial score (nSPS) is 9.47. The fraction of sp³-hybridized carbons (Fsp3) is 0.333. The highest BCUT2D eigenvalue weighted by Gasteiger charge is 2.07. The lowest BCUT2D eigenvalue weighted by Crippen LogP contribution is -2.29. The van der Waals surface area contributed by atoms with E-state index in [1.54, 1.807) is 7.05 Å². The first-order chi connectivity index (χ1) is 8.13. The zero-order valence-corrected chi connectivity index (χ0v) is 9.27. The number of carbonyl (C=O) groups is 2. The lowest BCUT2D eigenvalue weighted by molar-refractivity contribution is 0.0931. The Balaban J connectivity index is 2.43. The molecule has 0 atom stereocenters. The minimum Gasteiger partial charge on any atom is -0.448 e. The molecule has 0 aliphatic carbocycles. The third kappa shape index (κ3) is 4.33. The Morgan fingerprint density at radius 1 is 1.47 bits per heavy atom. The summed E-state index contributed by atoms with van der Waals surface area (Å²) in [5.41, 5.74) is 4.93. The maximum absolute atomic E-state index is 11.5. The van der Waals surface area contributed by atoms with Gasteiger partial charge in [0.25, 0.3) is 5.91 Å². The monoisotopic (exact) mass is 239 g/mol. The predicted molar refractivity (Wildman–Crippen MR) is 59.4 cm³/mol. The van der Waals surface area contributed by atoms with Gasteiger partial charge in [-0.1, -0.05) is 0 Å². The number of ether oxygens (including phenoxy) is 1. The van der Waals surface area contributed by atoms with E-state index >= 15 is 0 Å². The molecule has 0 aliphatic heterocycles. The van der Waals surface area contributed by atoms with Crippen molar-refractivity contribution in [3.63, 3.8) is 0 Å². The van der Waals surface area contributed by atoms with Crippen molar-refractivity contribution in [3.05, 3.63) is 18.1 Å². The average molecular weight is 239 g/mol. The van der Waals surface area contributed by atoms with Crippen LogP contribution in [0.4, 0.5) is 10.6 Å². The lowest BCUT2D eigenvalue weighted by atomic mass is 10.4. The van der Waals surface area contributed by atoms with E-state index in [9.17, 15) is 9.59 Å². The molecule has 1 heterocycles. The first-order valence-corrected chi connectivity index (χ1v) is 4.83. The second-order valence-corrected chi connectivity index (χ2v) is 2.96. The van der Waals surface area contributed by atoms with Crippen molar-refractivity contribution in [2.75, 3.05) is 25.5 Å². The predicted octanol–water partition coefficient (Wildman–Crippen LogP) is -0.657. The van der Waals surface area contributed by atoms with Crippen molar-refractivity contribution in [2.24, 2.45) is 5.73 Å². The smallest absolute Gasteiger partial charge is 0.404 e. The van der Waals surface area contributed by atoms with E-state index in [-0.39, 0.29) is 18.8 Å². The Labute approximate surface area is 97.6 Å². The molecule has 1 aromatic heterocycles. The molecule has 0 spiro atoms. The summed E-state index contributed by atoms with van der Waals surface area (Å²) in [6.07, 6.45) is 1.95. The molecule has 8 heteroatoms. The molecule has 0 radical (unpaired) electrons. The van der Waals surface area contributed by atoms with Gasteiger partial charge in [-0.3, -0.25) is 9.78 Å². The van der Waals surface area contributed by atoms with Gasteiger partial charge < -0.3 is 21.1 Å². The van der Waals surface area contributed by atoms with Gasteiger partial charge in [0.15, 0.2) is 0 Å². The third-order valence-corrected chi connectivity index (χ3v) is 1.76. The van der Waals surface area contributed by atoms with E-state index in [4.69, 9.17) is 5.73 Å². The molecule has 0 fully saturated rings. The highest BCUT2D eigenvalue weighted by molar-refractivity contribution is 5.92. The number of hydrogen-bond donors (Lipinski definition) is 3. The Kier molecular flexibility index (Phi) is 4.67. The molecule has 2 amide bonds. The molecule has 0 unspecified atom stereocenters. The van der Waals surface area contributed by atoms with E-state index < -0.39 is 12.0 Å². The van der Waals surface area contributed by atoms with Gasteiger partial charge >= 0.3 is 6.09 Å². The number of rotatable bonds is 5. The van der Waals surface area contributed by atoms with Crippen LogP contribution in [0.25, 0.3) is 0 Å². The summed E-state index contributed by atoms with van der Waals surface area (Å²) in [6.45, 7) is 0.174. The minimum atomic E-state index is -0.878. The van der Waals surface area contributed by atoms with Crippen molar-refractivity contribution in [1.82, 2.24) is 15.3 Å². The van der Waals surface area contributed by atoms with Crippen LogP contribution in [0.3, 0.4) is 0 Å². The van der Waals surface area contributed by atoms with Crippen LogP contribution in [0, 0.1) is 0 Å². The average Bonchev–Trinajstić information content (AvgIpc) is 2.34. The summed E-state index contributed by atoms with van der Waals surface area (Å²) >= 11 is 0. The van der Waals surface area contributed by atoms with Crippen LogP contribution >= 0.6 is 0 Å². The summed E-state index contributed by atoms with van der Waals surface area (Å²) in [5.74, 6) is 0.0914. The highest BCUT2D eigenvalue weighted by atomic mass is 16.5. The molecule has 0 aliphatic rings. The zero-order valence-electron chi connectivity index (χ0n) is 9.27. The highest BCUT2D eigenvalue weighted by Crippen LogP contribution is 2.00. The van der Waals surface area contributed by atoms with Crippen LogP contribution in [0.2, 0.25) is 0 Å². The molecule has 0 bridgehead atoms. The largest absolute Gasteiger partial charge is 0.448 e. The minimum absolute atomic E-state index is 0.0141. The summed E-state index contributed by atoms with van der Waals surface area (Å²) in [6, 6.07) is 0. The van der Waals surface area contributed by atoms with Crippen LogP contribution in [-0.2, 0) is 4.74 Å². The van der Waals surface area contributed by atoms with E-state index in [1.165, 1.54) is 12.4 Å². The molecule has 4 N–H and O–H groups in total. The number of carbonyl (C=O) groups excluding carboxylic acids is 2. The summed E-state index contributed by atoms with van der Waals surface area (Å²) in [4.78, 5) is 29.6. The Morgan fingerprint density at radius 3 is 2.88 bits per heavy atom. The second-order valence-electron chi connectivity index (χ2n) is 2.96. The molecule has 0 saturated heterocycles. The molecule has 0 saturated carbocycles. The molecular formula is C9H13N5O3. The number of nitrogens with two attached hydrogens (primary N) is 1. The van der Waals surface area contributed by atoms with Gasteiger partial charge in [0.1, 0.15) is 18.1 Å². The topological polar surface area (TPSA) is 119 Å². The van der Waals surface area contributed by atoms with E-state index in [0.29, 0.717) is 5.82 Å². The van der Waals surface area contributed by atoms with Gasteiger partial charge in [-0.2, -0.15) is 0 Å². The summed E-state index contributed by atoms with van der Waals surface area (Å²) < 4.78 is 4.45. The van der Waals surface area contributed by atoms with Gasteiger partial charge in [-0.15, -0.1) is 0 Å². The van der Waals surface area contributed by atoms with E-state index in [1.807, 2.05) is 0 Å². The maximum atomic E-state index is 11.5. The number of anilines is 1. The first kappa shape index (κ1) is 12.7. The third-order valence-electron chi connectivity index (χ3n) is 1.76. The van der Waals surface area contributed by atoms with Gasteiger partial charge in [0, 0.05) is 7.05 Å². The fourth-order valence-electron chi connectivity index (χ4n) is 1.00. The first-order valence-electron chi connectivity index (χ1n) is 4.83. The van der Waals surface area contributed by atoms with Crippen LogP contribution in [0.1, 0.15) is 10.5 Å². The molecule has 92 valence electrons. The number of hydrogen-bond acceptors (Lipinski definition) is 6. The molecular weight excluding hydrogens is 226 g/mol. The van der Waals surface area contributed by atoms with E-state index in [0.717, 1.165) is 0 Å². The number of nitrogens with zero attached hydrogens (tertiary/aromatic N) is 2. The van der Waals surface area contributed by atoms with Gasteiger partial charge in [0.2, 0.25) is 0 Å². The number of primary amides is 1. The van der Waals surface area contributed by atoms with Crippen LogP contribution in [-0.4, -0.2) is 42.2 Å². The Hall–Kier alpha value is -2.38. The van der Waals surface area contributed by atoms with Gasteiger partial charge in [-0.25, -0.2) is 9.78 Å². The van der Waals surface area contributed by atoms with Crippen molar-refractivity contribution in [3.8, 4) is 0 Å². The van der Waals surface area contributed by atoms with Crippen LogP contribution in [0.15, 0.2) is 12.4 Å². The lowest BCUT2D eigenvalue weighted by Gasteiger charge is -2.05. The fourth-order valence-corrected chi connectivity index (χ4v) is 1.00. The Morgan fingerprint density at radius 2 is 2.24 bits per heavy atom. The second kappa shape index (κ2) is 6.26. The molecule has 8 nitrogen and oxygen atoms in total. The molecule has 17 heavy (non-hydrogen) atoms. The Bertz CT molecular complexity index is 409. The van der Waals surface area contributed by atoms with Crippen molar-refractivity contribution >= 4 is 17.8 Å². The molecule has 0 aromatic carbocycles. The van der Waals surface area contributed by atoms with Crippen molar-refractivity contribution in [2.45, 2.75) is 0 Å².